The number of aromatic nitrogens is 1. The summed E-state index contributed by atoms with van der Waals surface area (Å²) in [6.45, 7) is 10.7. The van der Waals surface area contributed by atoms with Crippen molar-refractivity contribution in [2.24, 2.45) is 5.73 Å². The maximum absolute atomic E-state index is 6.09. The molecule has 3 heteroatoms. The first-order valence-electron chi connectivity index (χ1n) is 7.12. The summed E-state index contributed by atoms with van der Waals surface area (Å²) in [5.74, 6) is 1.09. The highest BCUT2D eigenvalue weighted by atomic mass is 15.2. The Morgan fingerprint density at radius 2 is 1.78 bits per heavy atom. The van der Waals surface area contributed by atoms with Crippen molar-refractivity contribution in [2.75, 3.05) is 18.0 Å². The van der Waals surface area contributed by atoms with Crippen LogP contribution in [0.3, 0.4) is 0 Å². The highest BCUT2D eigenvalue weighted by Crippen LogP contribution is 2.21. The second kappa shape index (κ2) is 7.37. The maximum Gasteiger partial charge on any atom is 0.128 e. The number of pyridine rings is 1. The molecule has 18 heavy (non-hydrogen) atoms. The smallest absolute Gasteiger partial charge is 0.128 e. The second-order valence-corrected chi connectivity index (χ2v) is 4.85. The van der Waals surface area contributed by atoms with Crippen molar-refractivity contribution in [1.29, 1.82) is 0 Å². The van der Waals surface area contributed by atoms with Crippen LogP contribution in [0.5, 0.6) is 0 Å². The molecule has 1 aromatic heterocycles. The maximum atomic E-state index is 6.09. The summed E-state index contributed by atoms with van der Waals surface area (Å²) in [6, 6.07) is 4.37. The molecule has 0 radical (unpaired) electrons. The van der Waals surface area contributed by atoms with Crippen LogP contribution in [-0.4, -0.2) is 18.1 Å². The SMILES string of the molecule is CCCN(CCC)c1ccc([C@@H](N)CC)c(C)n1. The van der Waals surface area contributed by atoms with Gasteiger partial charge in [-0.15, -0.1) is 0 Å². The first-order chi connectivity index (χ1) is 8.63. The van der Waals surface area contributed by atoms with Crippen LogP contribution >= 0.6 is 0 Å². The fourth-order valence-corrected chi connectivity index (χ4v) is 2.23. The molecule has 1 atom stereocenters. The van der Waals surface area contributed by atoms with E-state index in [-0.39, 0.29) is 6.04 Å². The van der Waals surface area contributed by atoms with Crippen molar-refractivity contribution < 1.29 is 0 Å². The second-order valence-electron chi connectivity index (χ2n) is 4.85. The fourth-order valence-electron chi connectivity index (χ4n) is 2.23. The third-order valence-corrected chi connectivity index (χ3v) is 3.26. The van der Waals surface area contributed by atoms with Crippen LogP contribution in [0.4, 0.5) is 5.82 Å². The predicted molar refractivity (Wildman–Crippen MR) is 79.0 cm³/mol. The zero-order valence-electron chi connectivity index (χ0n) is 12.2. The lowest BCUT2D eigenvalue weighted by Gasteiger charge is -2.24. The lowest BCUT2D eigenvalue weighted by atomic mass is 10.0. The van der Waals surface area contributed by atoms with Crippen LogP contribution in [0.25, 0.3) is 0 Å². The molecule has 1 rings (SSSR count). The molecule has 0 aliphatic heterocycles. The Morgan fingerprint density at radius 3 is 2.22 bits per heavy atom. The van der Waals surface area contributed by atoms with Crippen LogP contribution < -0.4 is 10.6 Å². The summed E-state index contributed by atoms with van der Waals surface area (Å²) in [4.78, 5) is 7.08. The molecule has 0 bridgehead atoms. The number of hydrogen-bond acceptors (Lipinski definition) is 3. The number of aryl methyl sites for hydroxylation is 1. The van der Waals surface area contributed by atoms with Crippen molar-refractivity contribution >= 4 is 5.82 Å². The average Bonchev–Trinajstić information content (AvgIpc) is 2.37. The largest absolute Gasteiger partial charge is 0.357 e. The molecular weight excluding hydrogens is 222 g/mol. The summed E-state index contributed by atoms with van der Waals surface area (Å²) in [7, 11) is 0. The van der Waals surface area contributed by atoms with E-state index in [2.05, 4.69) is 44.7 Å². The third kappa shape index (κ3) is 3.70. The number of nitrogens with two attached hydrogens (primary N) is 1. The molecule has 0 amide bonds. The van der Waals surface area contributed by atoms with Gasteiger partial charge in [-0.2, -0.15) is 0 Å². The van der Waals surface area contributed by atoms with E-state index in [4.69, 9.17) is 10.7 Å². The Kier molecular flexibility index (Phi) is 6.13. The normalized spacial score (nSPS) is 12.5. The van der Waals surface area contributed by atoms with Crippen LogP contribution in [0.2, 0.25) is 0 Å². The van der Waals surface area contributed by atoms with Crippen molar-refractivity contribution in [3.63, 3.8) is 0 Å². The van der Waals surface area contributed by atoms with Crippen molar-refractivity contribution in [1.82, 2.24) is 4.98 Å². The summed E-state index contributed by atoms with van der Waals surface area (Å²) >= 11 is 0. The van der Waals surface area contributed by atoms with Gasteiger partial charge in [-0.05, 0) is 37.8 Å². The van der Waals surface area contributed by atoms with E-state index in [1.807, 2.05) is 0 Å². The van der Waals surface area contributed by atoms with E-state index in [1.165, 1.54) is 5.56 Å². The molecule has 0 fully saturated rings. The van der Waals surface area contributed by atoms with Gasteiger partial charge in [0, 0.05) is 24.8 Å². The number of anilines is 1. The van der Waals surface area contributed by atoms with E-state index in [0.717, 1.165) is 43.9 Å². The lowest BCUT2D eigenvalue weighted by molar-refractivity contribution is 0.684. The monoisotopic (exact) mass is 249 g/mol. The number of hydrogen-bond donors (Lipinski definition) is 1. The molecule has 1 aromatic rings. The zero-order valence-corrected chi connectivity index (χ0v) is 12.2. The van der Waals surface area contributed by atoms with Crippen LogP contribution in [-0.2, 0) is 0 Å². The first-order valence-corrected chi connectivity index (χ1v) is 7.12. The molecule has 0 unspecified atom stereocenters. The summed E-state index contributed by atoms with van der Waals surface area (Å²) in [5.41, 5.74) is 8.33. The molecule has 0 saturated heterocycles. The highest BCUT2D eigenvalue weighted by molar-refractivity contribution is 5.42. The molecule has 0 aromatic carbocycles. The summed E-state index contributed by atoms with van der Waals surface area (Å²) < 4.78 is 0. The van der Waals surface area contributed by atoms with Crippen LogP contribution in [0.1, 0.15) is 57.3 Å². The minimum absolute atomic E-state index is 0.109. The molecule has 2 N–H and O–H groups in total. The quantitative estimate of drug-likeness (QED) is 0.805. The predicted octanol–water partition coefficient (Wildman–Crippen LogP) is 3.43. The van der Waals surface area contributed by atoms with Gasteiger partial charge in [-0.1, -0.05) is 26.8 Å². The van der Waals surface area contributed by atoms with Gasteiger partial charge in [-0.25, -0.2) is 4.98 Å². The average molecular weight is 249 g/mol. The van der Waals surface area contributed by atoms with Crippen molar-refractivity contribution in [3.8, 4) is 0 Å². The van der Waals surface area contributed by atoms with E-state index in [1.54, 1.807) is 0 Å². The Labute approximate surface area is 111 Å². The fraction of sp³-hybridized carbons (Fsp3) is 0.667. The summed E-state index contributed by atoms with van der Waals surface area (Å²) in [5, 5.41) is 0. The van der Waals surface area contributed by atoms with Crippen molar-refractivity contribution in [3.05, 3.63) is 23.4 Å². The lowest BCUT2D eigenvalue weighted by Crippen LogP contribution is -2.26. The van der Waals surface area contributed by atoms with Crippen LogP contribution in [0.15, 0.2) is 12.1 Å². The molecule has 3 nitrogen and oxygen atoms in total. The Bertz CT molecular complexity index is 357. The minimum Gasteiger partial charge on any atom is -0.357 e. The molecular formula is C15H27N3. The molecule has 0 saturated carbocycles. The zero-order chi connectivity index (χ0) is 13.5. The first kappa shape index (κ1) is 15.0. The Hall–Kier alpha value is -1.09. The topological polar surface area (TPSA) is 42.1 Å². The standard InChI is InChI=1S/C15H27N3/c1-5-10-18(11-6-2)15-9-8-13(12(4)17-15)14(16)7-3/h8-9,14H,5-7,10-11,16H2,1-4H3/t14-/m0/s1. The van der Waals surface area contributed by atoms with E-state index in [9.17, 15) is 0 Å². The van der Waals surface area contributed by atoms with Gasteiger partial charge in [0.1, 0.15) is 5.82 Å². The van der Waals surface area contributed by atoms with Gasteiger partial charge in [0.25, 0.3) is 0 Å². The van der Waals surface area contributed by atoms with Gasteiger partial charge in [0.05, 0.1) is 0 Å². The molecule has 0 aliphatic rings. The van der Waals surface area contributed by atoms with E-state index < -0.39 is 0 Å². The van der Waals surface area contributed by atoms with Gasteiger partial charge >= 0.3 is 0 Å². The van der Waals surface area contributed by atoms with E-state index >= 15 is 0 Å². The van der Waals surface area contributed by atoms with Crippen molar-refractivity contribution in [2.45, 2.75) is 53.0 Å². The summed E-state index contributed by atoms with van der Waals surface area (Å²) in [6.07, 6.45) is 3.25. The number of rotatable bonds is 7. The van der Waals surface area contributed by atoms with Gasteiger partial charge in [0.2, 0.25) is 0 Å². The third-order valence-electron chi connectivity index (χ3n) is 3.26. The van der Waals surface area contributed by atoms with Gasteiger partial charge < -0.3 is 10.6 Å². The molecule has 0 spiro atoms. The van der Waals surface area contributed by atoms with E-state index in [0.29, 0.717) is 0 Å². The van der Waals surface area contributed by atoms with Gasteiger partial charge in [-0.3, -0.25) is 0 Å². The Balaban J connectivity index is 2.93. The minimum atomic E-state index is 0.109. The number of nitrogens with zero attached hydrogens (tertiary/aromatic N) is 2. The molecule has 102 valence electrons. The molecule has 0 aliphatic carbocycles. The highest BCUT2D eigenvalue weighted by Gasteiger charge is 2.11. The van der Waals surface area contributed by atoms with Crippen LogP contribution in [0, 0.1) is 6.92 Å². The van der Waals surface area contributed by atoms with Gasteiger partial charge in [0.15, 0.2) is 0 Å². The Morgan fingerprint density at radius 1 is 1.17 bits per heavy atom. The molecule has 1 heterocycles.